The molecule has 6 heteroatoms. The molecule has 2 rings (SSSR count). The molecule has 0 aromatic heterocycles. The van der Waals surface area contributed by atoms with Crippen molar-refractivity contribution in [3.05, 3.63) is 57.5 Å². The van der Waals surface area contributed by atoms with Gasteiger partial charge in [0.05, 0.1) is 11.1 Å². The lowest BCUT2D eigenvalue weighted by atomic mass is 10.1. The van der Waals surface area contributed by atoms with Crippen LogP contribution in [0.15, 0.2) is 46.9 Å². The average molecular weight is 370 g/mol. The number of carbonyl (C=O) groups excluding carboxylic acids is 1. The highest BCUT2D eigenvalue weighted by Gasteiger charge is 2.14. The van der Waals surface area contributed by atoms with Crippen LogP contribution < -0.4 is 11.1 Å². The molecule has 0 aliphatic rings. The molecule has 2 aromatic carbocycles. The zero-order valence-corrected chi connectivity index (χ0v) is 13.4. The number of amides is 1. The number of phenolic OH excluding ortho intramolecular Hbond substituents is 1. The summed E-state index contributed by atoms with van der Waals surface area (Å²) in [7, 11) is 0. The SMILES string of the molecule is NC(Cc1ccc(O)cc1)C(=O)Nc1ccc(Br)c(Cl)c1. The number of hydrogen-bond acceptors (Lipinski definition) is 3. The molecule has 0 radical (unpaired) electrons. The van der Waals surface area contributed by atoms with Crippen molar-refractivity contribution in [1.82, 2.24) is 0 Å². The van der Waals surface area contributed by atoms with E-state index in [0.717, 1.165) is 10.0 Å². The maximum absolute atomic E-state index is 12.0. The summed E-state index contributed by atoms with van der Waals surface area (Å²) in [6, 6.07) is 11.1. The predicted molar refractivity (Wildman–Crippen MR) is 87.6 cm³/mol. The molecule has 1 amide bonds. The maximum atomic E-state index is 12.0. The molecule has 0 fully saturated rings. The first kappa shape index (κ1) is 15.8. The molecule has 0 aliphatic heterocycles. The number of hydrogen-bond donors (Lipinski definition) is 3. The Morgan fingerprint density at radius 2 is 1.95 bits per heavy atom. The third kappa shape index (κ3) is 4.46. The van der Waals surface area contributed by atoms with Gasteiger partial charge < -0.3 is 16.2 Å². The topological polar surface area (TPSA) is 75.3 Å². The number of carbonyl (C=O) groups is 1. The van der Waals surface area contributed by atoms with Gasteiger partial charge in [-0.25, -0.2) is 0 Å². The van der Waals surface area contributed by atoms with Crippen LogP contribution in [-0.2, 0) is 11.2 Å². The van der Waals surface area contributed by atoms with Crippen molar-refractivity contribution in [2.75, 3.05) is 5.32 Å². The molecule has 4 nitrogen and oxygen atoms in total. The van der Waals surface area contributed by atoms with Crippen molar-refractivity contribution in [1.29, 1.82) is 0 Å². The molecule has 0 heterocycles. The summed E-state index contributed by atoms with van der Waals surface area (Å²) in [6.45, 7) is 0. The normalized spacial score (nSPS) is 12.0. The molecule has 0 saturated carbocycles. The van der Waals surface area contributed by atoms with Gasteiger partial charge in [-0.2, -0.15) is 0 Å². The van der Waals surface area contributed by atoms with E-state index < -0.39 is 6.04 Å². The van der Waals surface area contributed by atoms with Crippen molar-refractivity contribution >= 4 is 39.1 Å². The number of nitrogens with two attached hydrogens (primary N) is 1. The van der Waals surface area contributed by atoms with Gasteiger partial charge in [-0.3, -0.25) is 4.79 Å². The van der Waals surface area contributed by atoms with Crippen LogP contribution in [0.1, 0.15) is 5.56 Å². The predicted octanol–water partition coefficient (Wildman–Crippen LogP) is 3.32. The summed E-state index contributed by atoms with van der Waals surface area (Å²) in [6.07, 6.45) is 0.385. The van der Waals surface area contributed by atoms with Crippen molar-refractivity contribution in [2.24, 2.45) is 5.73 Å². The Morgan fingerprint density at radius 1 is 1.29 bits per heavy atom. The zero-order chi connectivity index (χ0) is 15.4. The lowest BCUT2D eigenvalue weighted by Crippen LogP contribution is -2.37. The molecule has 0 spiro atoms. The Bertz CT molecular complexity index is 647. The third-order valence-corrected chi connectivity index (χ3v) is 4.15. The van der Waals surface area contributed by atoms with Crippen LogP contribution in [0.4, 0.5) is 5.69 Å². The van der Waals surface area contributed by atoms with Gasteiger partial charge in [-0.05, 0) is 58.2 Å². The zero-order valence-electron chi connectivity index (χ0n) is 11.0. The molecule has 0 aliphatic carbocycles. The molecule has 110 valence electrons. The average Bonchev–Trinajstić information content (AvgIpc) is 2.45. The van der Waals surface area contributed by atoms with E-state index in [1.54, 1.807) is 42.5 Å². The molecular formula is C15H14BrClN2O2. The summed E-state index contributed by atoms with van der Waals surface area (Å²) < 4.78 is 0.760. The fourth-order valence-electron chi connectivity index (χ4n) is 1.79. The Kier molecular flexibility index (Phi) is 5.22. The number of phenols is 1. The number of benzene rings is 2. The summed E-state index contributed by atoms with van der Waals surface area (Å²) in [4.78, 5) is 12.0. The molecule has 1 unspecified atom stereocenters. The first-order valence-corrected chi connectivity index (χ1v) is 7.42. The molecule has 1 atom stereocenters. The van der Waals surface area contributed by atoms with E-state index in [1.807, 2.05) is 0 Å². The Balaban J connectivity index is 1.98. The van der Waals surface area contributed by atoms with Crippen LogP contribution in [-0.4, -0.2) is 17.1 Å². The highest BCUT2D eigenvalue weighted by atomic mass is 79.9. The minimum atomic E-state index is -0.683. The highest BCUT2D eigenvalue weighted by molar-refractivity contribution is 9.10. The molecular weight excluding hydrogens is 356 g/mol. The summed E-state index contributed by atoms with van der Waals surface area (Å²) in [5, 5.41) is 12.5. The van der Waals surface area contributed by atoms with Crippen LogP contribution in [0.5, 0.6) is 5.75 Å². The van der Waals surface area contributed by atoms with E-state index in [-0.39, 0.29) is 11.7 Å². The fourth-order valence-corrected chi connectivity index (χ4v) is 2.21. The van der Waals surface area contributed by atoms with Gasteiger partial charge >= 0.3 is 0 Å². The standard InChI is InChI=1S/C15H14BrClN2O2/c16-12-6-3-10(8-13(12)17)19-15(21)14(18)7-9-1-4-11(20)5-2-9/h1-6,8,14,20H,7,18H2,(H,19,21). The summed E-state index contributed by atoms with van der Waals surface area (Å²) >= 11 is 9.25. The van der Waals surface area contributed by atoms with E-state index in [9.17, 15) is 9.90 Å². The lowest BCUT2D eigenvalue weighted by molar-refractivity contribution is -0.117. The highest BCUT2D eigenvalue weighted by Crippen LogP contribution is 2.25. The van der Waals surface area contributed by atoms with E-state index in [2.05, 4.69) is 21.2 Å². The van der Waals surface area contributed by atoms with Gasteiger partial charge in [0, 0.05) is 10.2 Å². The van der Waals surface area contributed by atoms with Gasteiger partial charge in [0.25, 0.3) is 0 Å². The fraction of sp³-hybridized carbons (Fsp3) is 0.133. The van der Waals surface area contributed by atoms with E-state index in [4.69, 9.17) is 17.3 Å². The first-order chi connectivity index (χ1) is 9.95. The minimum Gasteiger partial charge on any atom is -0.508 e. The second-order valence-corrected chi connectivity index (χ2v) is 5.86. The smallest absolute Gasteiger partial charge is 0.241 e. The number of halogens is 2. The molecule has 0 saturated heterocycles. The molecule has 2 aromatic rings. The summed E-state index contributed by atoms with van der Waals surface area (Å²) in [5.74, 6) is -0.109. The van der Waals surface area contributed by atoms with Crippen LogP contribution in [0.25, 0.3) is 0 Å². The van der Waals surface area contributed by atoms with Gasteiger partial charge in [-0.1, -0.05) is 23.7 Å². The maximum Gasteiger partial charge on any atom is 0.241 e. The minimum absolute atomic E-state index is 0.182. The van der Waals surface area contributed by atoms with Gasteiger partial charge in [0.2, 0.25) is 5.91 Å². The summed E-state index contributed by atoms with van der Waals surface area (Å²) in [5.41, 5.74) is 7.36. The lowest BCUT2D eigenvalue weighted by Gasteiger charge is -2.13. The number of aromatic hydroxyl groups is 1. The number of rotatable bonds is 4. The van der Waals surface area contributed by atoms with Crippen LogP contribution >= 0.6 is 27.5 Å². The van der Waals surface area contributed by atoms with Crippen molar-refractivity contribution < 1.29 is 9.90 Å². The van der Waals surface area contributed by atoms with E-state index >= 15 is 0 Å². The molecule has 4 N–H and O–H groups in total. The van der Waals surface area contributed by atoms with Crippen LogP contribution in [0.2, 0.25) is 5.02 Å². The van der Waals surface area contributed by atoms with E-state index in [0.29, 0.717) is 17.1 Å². The van der Waals surface area contributed by atoms with Crippen molar-refractivity contribution in [3.63, 3.8) is 0 Å². The van der Waals surface area contributed by atoms with Crippen LogP contribution in [0, 0.1) is 0 Å². The number of anilines is 1. The van der Waals surface area contributed by atoms with Gasteiger partial charge in [0.1, 0.15) is 5.75 Å². The quantitative estimate of drug-likeness (QED) is 0.774. The number of nitrogens with one attached hydrogen (secondary N) is 1. The van der Waals surface area contributed by atoms with E-state index in [1.165, 1.54) is 0 Å². The largest absolute Gasteiger partial charge is 0.508 e. The molecule has 0 bridgehead atoms. The second kappa shape index (κ2) is 6.93. The van der Waals surface area contributed by atoms with Crippen molar-refractivity contribution in [2.45, 2.75) is 12.5 Å². The van der Waals surface area contributed by atoms with Gasteiger partial charge in [-0.15, -0.1) is 0 Å². The first-order valence-electron chi connectivity index (χ1n) is 6.25. The second-order valence-electron chi connectivity index (χ2n) is 4.60. The molecule has 21 heavy (non-hydrogen) atoms. The third-order valence-electron chi connectivity index (χ3n) is 2.92. The Hall–Kier alpha value is -1.56. The monoisotopic (exact) mass is 368 g/mol. The van der Waals surface area contributed by atoms with Gasteiger partial charge in [0.15, 0.2) is 0 Å². The Morgan fingerprint density at radius 3 is 2.57 bits per heavy atom. The van der Waals surface area contributed by atoms with Crippen LogP contribution in [0.3, 0.4) is 0 Å². The van der Waals surface area contributed by atoms with Crippen molar-refractivity contribution in [3.8, 4) is 5.75 Å². The Labute approximate surface area is 136 Å².